The fourth-order valence-corrected chi connectivity index (χ4v) is 3.36. The van der Waals surface area contributed by atoms with Gasteiger partial charge in [-0.25, -0.2) is 13.4 Å². The zero-order chi connectivity index (χ0) is 18.9. The molecule has 1 aromatic heterocycles. The summed E-state index contributed by atoms with van der Waals surface area (Å²) >= 11 is 0. The lowest BCUT2D eigenvalue weighted by Crippen LogP contribution is -2.15. The Kier molecular flexibility index (Phi) is 4.78. The second kappa shape index (κ2) is 6.87. The Morgan fingerprint density at radius 3 is 2.46 bits per heavy atom. The fraction of sp³-hybridized carbons (Fsp3) is 0.278. The maximum Gasteiger partial charge on any atom is 0.228 e. The zero-order valence-corrected chi connectivity index (χ0v) is 15.3. The second-order valence-electron chi connectivity index (χ2n) is 6.33. The van der Waals surface area contributed by atoms with Gasteiger partial charge in [-0.3, -0.25) is 9.59 Å². The molecule has 0 bridgehead atoms. The summed E-state index contributed by atoms with van der Waals surface area (Å²) in [6.45, 7) is 1.40. The summed E-state index contributed by atoms with van der Waals surface area (Å²) in [5.41, 5.74) is 1.04. The molecule has 1 fully saturated rings. The maximum atomic E-state index is 12.0. The number of nitrogens with zero attached hydrogens (tertiary/aromatic N) is 1. The predicted molar refractivity (Wildman–Crippen MR) is 98.4 cm³/mol. The van der Waals surface area contributed by atoms with Gasteiger partial charge in [-0.15, -0.1) is 0 Å². The number of ketones is 1. The van der Waals surface area contributed by atoms with Crippen LogP contribution in [0.3, 0.4) is 0 Å². The summed E-state index contributed by atoms with van der Waals surface area (Å²) in [6.07, 6.45) is 4.22. The van der Waals surface area contributed by atoms with E-state index in [-0.39, 0.29) is 22.5 Å². The number of sulfone groups is 1. The van der Waals surface area contributed by atoms with Crippen LogP contribution >= 0.6 is 0 Å². The number of anilines is 3. The molecule has 0 saturated heterocycles. The highest BCUT2D eigenvalue weighted by atomic mass is 32.2. The lowest BCUT2D eigenvalue weighted by Gasteiger charge is -2.14. The SMILES string of the molecule is CC(=O)c1cnc(NC(=O)C2CC2)cc1Nc1ccccc1S(C)(=O)=O. The molecule has 0 unspecified atom stereocenters. The van der Waals surface area contributed by atoms with Gasteiger partial charge in [0.25, 0.3) is 0 Å². The van der Waals surface area contributed by atoms with E-state index in [0.29, 0.717) is 22.8 Å². The first kappa shape index (κ1) is 18.1. The van der Waals surface area contributed by atoms with Crippen molar-refractivity contribution in [2.45, 2.75) is 24.7 Å². The molecule has 1 amide bonds. The molecular weight excluding hydrogens is 354 g/mol. The van der Waals surface area contributed by atoms with Crippen LogP contribution in [0.15, 0.2) is 41.4 Å². The van der Waals surface area contributed by atoms with Crippen molar-refractivity contribution in [2.75, 3.05) is 16.9 Å². The van der Waals surface area contributed by atoms with Crippen molar-refractivity contribution in [3.05, 3.63) is 42.1 Å². The molecule has 7 nitrogen and oxygen atoms in total. The van der Waals surface area contributed by atoms with Gasteiger partial charge in [-0.1, -0.05) is 12.1 Å². The first-order valence-corrected chi connectivity index (χ1v) is 10.0. The van der Waals surface area contributed by atoms with Gasteiger partial charge in [-0.05, 0) is 31.9 Å². The van der Waals surface area contributed by atoms with Gasteiger partial charge in [-0.2, -0.15) is 0 Å². The molecule has 26 heavy (non-hydrogen) atoms. The molecule has 1 heterocycles. The number of aromatic nitrogens is 1. The van der Waals surface area contributed by atoms with E-state index in [1.54, 1.807) is 18.2 Å². The first-order chi connectivity index (χ1) is 12.3. The molecular formula is C18H19N3O4S. The highest BCUT2D eigenvalue weighted by molar-refractivity contribution is 7.90. The summed E-state index contributed by atoms with van der Waals surface area (Å²) in [6, 6.07) is 7.96. The topological polar surface area (TPSA) is 105 Å². The van der Waals surface area contributed by atoms with E-state index in [9.17, 15) is 18.0 Å². The largest absolute Gasteiger partial charge is 0.354 e. The Morgan fingerprint density at radius 1 is 1.15 bits per heavy atom. The summed E-state index contributed by atoms with van der Waals surface area (Å²) in [4.78, 5) is 28.1. The van der Waals surface area contributed by atoms with Crippen LogP contribution in [0.5, 0.6) is 0 Å². The van der Waals surface area contributed by atoms with Crippen LogP contribution in [-0.2, 0) is 14.6 Å². The molecule has 136 valence electrons. The molecule has 0 spiro atoms. The molecule has 1 aliphatic carbocycles. The van der Waals surface area contributed by atoms with Crippen LogP contribution in [0.1, 0.15) is 30.1 Å². The summed E-state index contributed by atoms with van der Waals surface area (Å²) < 4.78 is 24.0. The summed E-state index contributed by atoms with van der Waals surface area (Å²) in [7, 11) is -3.45. The Morgan fingerprint density at radius 2 is 1.85 bits per heavy atom. The molecule has 1 aliphatic rings. The summed E-state index contributed by atoms with van der Waals surface area (Å²) in [5.74, 6) is 0.00496. The number of hydrogen-bond acceptors (Lipinski definition) is 6. The van der Waals surface area contributed by atoms with Crippen molar-refractivity contribution < 1.29 is 18.0 Å². The second-order valence-corrected chi connectivity index (χ2v) is 8.31. The predicted octanol–water partition coefficient (Wildman–Crippen LogP) is 2.78. The smallest absolute Gasteiger partial charge is 0.228 e. The average Bonchev–Trinajstić information content (AvgIpc) is 3.39. The molecule has 0 aliphatic heterocycles. The highest BCUT2D eigenvalue weighted by Gasteiger charge is 2.30. The number of para-hydroxylation sites is 1. The third kappa shape index (κ3) is 4.08. The van der Waals surface area contributed by atoms with Crippen molar-refractivity contribution in [3.63, 3.8) is 0 Å². The summed E-state index contributed by atoms with van der Waals surface area (Å²) in [5, 5.41) is 5.72. The first-order valence-electron chi connectivity index (χ1n) is 8.13. The van der Waals surface area contributed by atoms with E-state index in [1.165, 1.54) is 25.3 Å². The van der Waals surface area contributed by atoms with Gasteiger partial charge in [0.2, 0.25) is 5.91 Å². The van der Waals surface area contributed by atoms with Crippen LogP contribution in [0, 0.1) is 5.92 Å². The molecule has 8 heteroatoms. The van der Waals surface area contributed by atoms with Gasteiger partial charge in [0.15, 0.2) is 15.6 Å². The van der Waals surface area contributed by atoms with Crippen LogP contribution in [0.4, 0.5) is 17.2 Å². The minimum absolute atomic E-state index is 0.0200. The van der Waals surface area contributed by atoms with Gasteiger partial charge in [0, 0.05) is 24.4 Å². The van der Waals surface area contributed by atoms with Crippen molar-refractivity contribution in [1.29, 1.82) is 0 Å². The average molecular weight is 373 g/mol. The lowest BCUT2D eigenvalue weighted by atomic mass is 10.1. The number of benzene rings is 1. The number of rotatable bonds is 6. The van der Waals surface area contributed by atoms with E-state index >= 15 is 0 Å². The molecule has 0 radical (unpaired) electrons. The molecule has 1 saturated carbocycles. The van der Waals surface area contributed by atoms with Crippen molar-refractivity contribution in [2.24, 2.45) is 5.92 Å². The highest BCUT2D eigenvalue weighted by Crippen LogP contribution is 2.31. The third-order valence-corrected chi connectivity index (χ3v) is 5.19. The molecule has 3 rings (SSSR count). The van der Waals surface area contributed by atoms with Gasteiger partial charge >= 0.3 is 0 Å². The van der Waals surface area contributed by atoms with E-state index in [1.807, 2.05) is 0 Å². The van der Waals surface area contributed by atoms with Gasteiger partial charge in [0.1, 0.15) is 5.82 Å². The standard InChI is InChI=1S/C18H19N3O4S/c1-11(22)13-10-19-17(21-18(23)12-7-8-12)9-15(13)20-14-5-3-4-6-16(14)26(2,24)25/h3-6,9-10,12H,7-8H2,1-2H3,(H2,19,20,21,23). The molecule has 1 aromatic carbocycles. The van der Waals surface area contributed by atoms with E-state index in [0.717, 1.165) is 19.1 Å². The van der Waals surface area contributed by atoms with Crippen LogP contribution < -0.4 is 10.6 Å². The van der Waals surface area contributed by atoms with E-state index in [2.05, 4.69) is 15.6 Å². The number of Topliss-reactive ketones (excluding diaryl/α,β-unsaturated/α-hetero) is 1. The maximum absolute atomic E-state index is 12.0. The van der Waals surface area contributed by atoms with Crippen molar-refractivity contribution >= 4 is 38.7 Å². The Labute approximate surface area is 151 Å². The minimum Gasteiger partial charge on any atom is -0.354 e. The number of carbonyl (C=O) groups excluding carboxylic acids is 2. The third-order valence-electron chi connectivity index (χ3n) is 4.04. The zero-order valence-electron chi connectivity index (χ0n) is 14.4. The Bertz CT molecular complexity index is 982. The number of hydrogen-bond donors (Lipinski definition) is 2. The number of carbonyl (C=O) groups is 2. The Balaban J connectivity index is 1.97. The molecule has 2 N–H and O–H groups in total. The van der Waals surface area contributed by atoms with Crippen LogP contribution in [0.2, 0.25) is 0 Å². The molecule has 0 atom stereocenters. The van der Waals surface area contributed by atoms with Crippen LogP contribution in [0.25, 0.3) is 0 Å². The van der Waals surface area contributed by atoms with Crippen molar-refractivity contribution in [3.8, 4) is 0 Å². The fourth-order valence-electron chi connectivity index (χ4n) is 2.52. The van der Waals surface area contributed by atoms with Crippen molar-refractivity contribution in [1.82, 2.24) is 4.98 Å². The number of nitrogens with one attached hydrogen (secondary N) is 2. The normalized spacial score (nSPS) is 13.9. The minimum atomic E-state index is -3.45. The number of amides is 1. The van der Waals surface area contributed by atoms with Gasteiger partial charge < -0.3 is 10.6 Å². The van der Waals surface area contributed by atoms with E-state index in [4.69, 9.17) is 0 Å². The van der Waals surface area contributed by atoms with E-state index < -0.39 is 9.84 Å². The molecule has 2 aromatic rings. The Hall–Kier alpha value is -2.74. The lowest BCUT2D eigenvalue weighted by molar-refractivity contribution is -0.117. The van der Waals surface area contributed by atoms with Gasteiger partial charge in [0.05, 0.1) is 21.8 Å². The monoisotopic (exact) mass is 373 g/mol. The quantitative estimate of drug-likeness (QED) is 0.755. The number of pyridine rings is 1. The van der Waals surface area contributed by atoms with Crippen LogP contribution in [-0.4, -0.2) is 31.3 Å².